The van der Waals surface area contributed by atoms with Gasteiger partial charge in [0, 0.05) is 45.3 Å². The van der Waals surface area contributed by atoms with E-state index in [1.165, 1.54) is 121 Å². The Kier molecular flexibility index (Phi) is 11.2. The van der Waals surface area contributed by atoms with E-state index in [4.69, 9.17) is 0 Å². The average molecular weight is 907 g/mol. The topological polar surface area (TPSA) is 6.48 Å². The van der Waals surface area contributed by atoms with Crippen molar-refractivity contribution in [3.8, 4) is 22.3 Å². The molecule has 0 radical (unpaired) electrons. The first-order valence-corrected chi connectivity index (χ1v) is 25.7. The van der Waals surface area contributed by atoms with Crippen LogP contribution in [0, 0.1) is 0 Å². The molecule has 0 N–H and O–H groups in total. The first-order chi connectivity index (χ1) is 34.2. The summed E-state index contributed by atoms with van der Waals surface area (Å²) < 4.78 is 0. The van der Waals surface area contributed by atoms with Crippen LogP contribution in [0.4, 0.5) is 28.4 Å². The molecule has 344 valence electrons. The van der Waals surface area contributed by atoms with E-state index >= 15 is 0 Å². The Morgan fingerprint density at radius 1 is 0.414 bits per heavy atom. The van der Waals surface area contributed by atoms with Crippen LogP contribution in [-0.2, 0) is 10.8 Å². The number of nitrogens with zero attached hydrogens (tertiary/aromatic N) is 2. The smallest absolute Gasteiger partial charge is 0.0462 e. The fraction of sp³-hybridized carbons (Fsp3) is 0.206. The summed E-state index contributed by atoms with van der Waals surface area (Å²) in [5.74, 6) is 0. The molecule has 0 unspecified atom stereocenters. The largest absolute Gasteiger partial charge is 0.338 e. The summed E-state index contributed by atoms with van der Waals surface area (Å²) in [6.45, 7) is 9.63. The zero-order valence-corrected chi connectivity index (χ0v) is 41.1. The predicted octanol–water partition coefficient (Wildman–Crippen LogP) is 18.7. The molecule has 8 aromatic carbocycles. The Morgan fingerprint density at radius 3 is 1.50 bits per heavy atom. The van der Waals surface area contributed by atoms with Crippen LogP contribution in [0.25, 0.3) is 45.6 Å². The molecule has 1 saturated carbocycles. The van der Waals surface area contributed by atoms with Crippen LogP contribution in [-0.4, -0.2) is 6.04 Å². The van der Waals surface area contributed by atoms with E-state index in [1.807, 2.05) is 0 Å². The molecule has 0 spiro atoms. The zero-order valence-electron chi connectivity index (χ0n) is 41.1. The normalized spacial score (nSPS) is 16.6. The second-order valence-corrected chi connectivity index (χ2v) is 21.1. The standard InChI is InChI=1S/C68H62N2/c1-67(2)63-43-47(27-39-59(63)61-41-33-51(45-65(61)67)49-29-35-57(36-30-49)69(53-17-9-5-10-18-53)54-19-11-6-12-20-54)25-26-48-28-40-60-62-42-34-52(46-66(62)68(3,4)64(60)44-48)50-31-37-58(38-32-50)70(55-21-13-7-14-22-55)56-23-15-8-16-24-56/h5-7,9-14,17-22,25-32,34-40,42-46,56H,8,15-16,23-24,33,41H2,1-4H3/b26-25+. The Balaban J connectivity index is 0.760. The Bertz CT molecular complexity index is 3270. The first-order valence-electron chi connectivity index (χ1n) is 25.7. The lowest BCUT2D eigenvalue weighted by Gasteiger charge is -2.36. The first kappa shape index (κ1) is 43.8. The van der Waals surface area contributed by atoms with Gasteiger partial charge < -0.3 is 9.80 Å². The van der Waals surface area contributed by atoms with Crippen LogP contribution >= 0.6 is 0 Å². The van der Waals surface area contributed by atoms with E-state index in [0.29, 0.717) is 6.04 Å². The second-order valence-electron chi connectivity index (χ2n) is 21.1. The summed E-state index contributed by atoms with van der Waals surface area (Å²) in [6.07, 6.45) is 15.7. The van der Waals surface area contributed by atoms with Crippen LogP contribution in [0.1, 0.15) is 112 Å². The number of benzene rings is 8. The Morgan fingerprint density at radius 2 is 0.886 bits per heavy atom. The molecule has 0 amide bonds. The van der Waals surface area contributed by atoms with Crippen LogP contribution in [0.3, 0.4) is 0 Å². The van der Waals surface area contributed by atoms with E-state index in [-0.39, 0.29) is 10.8 Å². The number of allylic oxidation sites excluding steroid dienone is 4. The quantitative estimate of drug-likeness (QED) is 0.126. The van der Waals surface area contributed by atoms with Gasteiger partial charge in [0.05, 0.1) is 0 Å². The number of hydrogen-bond acceptors (Lipinski definition) is 2. The van der Waals surface area contributed by atoms with Gasteiger partial charge in [0.2, 0.25) is 0 Å². The third-order valence-electron chi connectivity index (χ3n) is 16.1. The minimum Gasteiger partial charge on any atom is -0.338 e. The third kappa shape index (κ3) is 7.84. The Labute approximate surface area is 416 Å². The SMILES string of the molecule is CC1(C)C2=C(CCC(c3ccc(N(c4ccccc4)c4ccccc4)cc3)=C2)c2ccc(/C=C/c3ccc4c(c3)C(C)(C)c3cc(-c5ccc(N(c6ccccc6)C6CCCCC6)cc5)ccc3-4)cc21. The summed E-state index contributed by atoms with van der Waals surface area (Å²) >= 11 is 0. The van der Waals surface area contributed by atoms with Gasteiger partial charge in [-0.15, -0.1) is 0 Å². The van der Waals surface area contributed by atoms with Gasteiger partial charge in [0.25, 0.3) is 0 Å². The number of para-hydroxylation sites is 3. The highest BCUT2D eigenvalue weighted by molar-refractivity contribution is 5.90. The molecule has 0 heterocycles. The van der Waals surface area contributed by atoms with Crippen LogP contribution in [0.15, 0.2) is 206 Å². The molecule has 0 aliphatic heterocycles. The van der Waals surface area contributed by atoms with Crippen molar-refractivity contribution in [3.05, 3.63) is 245 Å². The lowest BCUT2D eigenvalue weighted by atomic mass is 9.78. The van der Waals surface area contributed by atoms with Gasteiger partial charge in [0.1, 0.15) is 0 Å². The maximum Gasteiger partial charge on any atom is 0.0462 e. The highest BCUT2D eigenvalue weighted by Gasteiger charge is 2.39. The van der Waals surface area contributed by atoms with Gasteiger partial charge in [0.15, 0.2) is 0 Å². The molecule has 12 rings (SSSR count). The maximum absolute atomic E-state index is 2.59. The monoisotopic (exact) mass is 906 g/mol. The Hall–Kier alpha value is -7.42. The molecule has 4 aliphatic carbocycles. The number of fused-ring (bicyclic) bond motifs is 5. The lowest BCUT2D eigenvalue weighted by Crippen LogP contribution is -2.32. The number of rotatable bonds is 10. The van der Waals surface area contributed by atoms with E-state index in [2.05, 4.69) is 250 Å². The molecule has 4 aliphatic rings. The average Bonchev–Trinajstić information content (AvgIpc) is 3.77. The molecule has 0 saturated heterocycles. The van der Waals surface area contributed by atoms with Gasteiger partial charge in [-0.05, 0) is 170 Å². The van der Waals surface area contributed by atoms with Crippen molar-refractivity contribution in [2.24, 2.45) is 0 Å². The van der Waals surface area contributed by atoms with Crippen LogP contribution in [0.2, 0.25) is 0 Å². The van der Waals surface area contributed by atoms with Crippen molar-refractivity contribution in [1.82, 2.24) is 0 Å². The number of anilines is 5. The number of hydrogen-bond donors (Lipinski definition) is 0. The fourth-order valence-corrected chi connectivity index (χ4v) is 12.4. The minimum atomic E-state index is -0.114. The van der Waals surface area contributed by atoms with E-state index in [0.717, 1.165) is 29.9 Å². The second kappa shape index (κ2) is 17.8. The summed E-state index contributed by atoms with van der Waals surface area (Å²) in [7, 11) is 0. The minimum absolute atomic E-state index is 0.0841. The molecule has 0 aromatic heterocycles. The van der Waals surface area contributed by atoms with E-state index in [9.17, 15) is 0 Å². The van der Waals surface area contributed by atoms with Crippen molar-refractivity contribution in [2.75, 3.05) is 9.80 Å². The molecule has 2 heteroatoms. The molecule has 1 fully saturated rings. The molecule has 0 bridgehead atoms. The van der Waals surface area contributed by atoms with Gasteiger partial charge in [-0.25, -0.2) is 0 Å². The summed E-state index contributed by atoms with van der Waals surface area (Å²) in [4.78, 5) is 4.92. The van der Waals surface area contributed by atoms with Crippen LogP contribution in [0.5, 0.6) is 0 Å². The van der Waals surface area contributed by atoms with E-state index < -0.39 is 0 Å². The maximum atomic E-state index is 2.59. The van der Waals surface area contributed by atoms with Crippen molar-refractivity contribution in [3.63, 3.8) is 0 Å². The van der Waals surface area contributed by atoms with Crippen molar-refractivity contribution in [2.45, 2.75) is 89.5 Å². The van der Waals surface area contributed by atoms with Crippen LogP contribution < -0.4 is 9.80 Å². The molecular formula is C68H62N2. The molecule has 0 atom stereocenters. The van der Waals surface area contributed by atoms with Gasteiger partial charge in [-0.3, -0.25) is 0 Å². The summed E-state index contributed by atoms with van der Waals surface area (Å²) in [5, 5.41) is 0. The predicted molar refractivity (Wildman–Crippen MR) is 299 cm³/mol. The summed E-state index contributed by atoms with van der Waals surface area (Å²) in [5.41, 5.74) is 25.0. The van der Waals surface area contributed by atoms with Crippen molar-refractivity contribution < 1.29 is 0 Å². The van der Waals surface area contributed by atoms with E-state index in [1.54, 1.807) is 0 Å². The fourth-order valence-electron chi connectivity index (χ4n) is 12.4. The van der Waals surface area contributed by atoms with Crippen molar-refractivity contribution in [1.29, 1.82) is 0 Å². The lowest BCUT2D eigenvalue weighted by molar-refractivity contribution is 0.436. The highest BCUT2D eigenvalue weighted by Crippen LogP contribution is 2.53. The highest BCUT2D eigenvalue weighted by atomic mass is 15.2. The van der Waals surface area contributed by atoms with Gasteiger partial charge >= 0.3 is 0 Å². The van der Waals surface area contributed by atoms with Gasteiger partial charge in [-0.2, -0.15) is 0 Å². The molecule has 8 aromatic rings. The molecule has 2 nitrogen and oxygen atoms in total. The van der Waals surface area contributed by atoms with Crippen molar-refractivity contribution >= 4 is 51.7 Å². The zero-order chi connectivity index (χ0) is 47.4. The molecule has 70 heavy (non-hydrogen) atoms. The third-order valence-corrected chi connectivity index (χ3v) is 16.1. The van der Waals surface area contributed by atoms with Gasteiger partial charge in [-0.1, -0.05) is 193 Å². The molecular weight excluding hydrogens is 845 g/mol. The summed E-state index contributed by atoms with van der Waals surface area (Å²) in [6, 6.07) is 72.8.